The van der Waals surface area contributed by atoms with Crippen LogP contribution in [0.4, 0.5) is 0 Å². The van der Waals surface area contributed by atoms with E-state index in [-0.39, 0.29) is 30.0 Å². The van der Waals surface area contributed by atoms with Crippen LogP contribution in [0.15, 0.2) is 18.2 Å². The molecule has 26 heavy (non-hydrogen) atoms. The summed E-state index contributed by atoms with van der Waals surface area (Å²) in [5, 5.41) is 2.60. The predicted molar refractivity (Wildman–Crippen MR) is 94.2 cm³/mol. The molecule has 1 aromatic carbocycles. The minimum Gasteiger partial charge on any atom is -0.486 e. The Morgan fingerprint density at radius 2 is 1.88 bits per heavy atom. The van der Waals surface area contributed by atoms with Crippen LogP contribution < -0.4 is 14.8 Å². The third-order valence-corrected chi connectivity index (χ3v) is 6.39. The van der Waals surface area contributed by atoms with E-state index in [0.29, 0.717) is 43.1 Å². The smallest absolute Gasteiger partial charge is 0.255 e. The fourth-order valence-electron chi connectivity index (χ4n) is 3.10. The molecule has 9 heteroatoms. The Kier molecular flexibility index (Phi) is 5.36. The van der Waals surface area contributed by atoms with Crippen molar-refractivity contribution in [1.82, 2.24) is 10.2 Å². The molecule has 0 saturated carbocycles. The topological polar surface area (TPSA) is 102 Å². The highest BCUT2D eigenvalue weighted by atomic mass is 32.2. The standard InChI is InChI=1S/C17H22N2O6S/c1-19(12-5-9-26(22,23)10-6-12)15(20)11-18-17(21)13-3-2-4-14-16(13)25-8-7-24-14/h2-4,12H,5-11H2,1H3,(H,18,21). The fourth-order valence-corrected chi connectivity index (χ4v) is 4.56. The van der Waals surface area contributed by atoms with Crippen molar-refractivity contribution in [3.05, 3.63) is 23.8 Å². The van der Waals surface area contributed by atoms with Gasteiger partial charge < -0.3 is 19.7 Å². The number of ether oxygens (including phenoxy) is 2. The van der Waals surface area contributed by atoms with Crippen LogP contribution in [-0.4, -0.2) is 69.5 Å². The Balaban J connectivity index is 1.57. The molecular weight excluding hydrogens is 360 g/mol. The molecule has 2 aliphatic rings. The summed E-state index contributed by atoms with van der Waals surface area (Å²) in [6.45, 7) is 0.630. The van der Waals surface area contributed by atoms with Crippen molar-refractivity contribution in [3.8, 4) is 11.5 Å². The zero-order valence-electron chi connectivity index (χ0n) is 14.6. The average molecular weight is 382 g/mol. The zero-order chi connectivity index (χ0) is 18.7. The van der Waals surface area contributed by atoms with E-state index in [4.69, 9.17) is 9.47 Å². The number of likely N-dealkylation sites (N-methyl/N-ethyl adjacent to an activating group) is 1. The quantitative estimate of drug-likeness (QED) is 0.799. The summed E-state index contributed by atoms with van der Waals surface area (Å²) in [6.07, 6.45) is 0.853. The third-order valence-electron chi connectivity index (χ3n) is 4.68. The number of nitrogens with zero attached hydrogens (tertiary/aromatic N) is 1. The van der Waals surface area contributed by atoms with Crippen molar-refractivity contribution in [2.24, 2.45) is 0 Å². The number of benzene rings is 1. The van der Waals surface area contributed by atoms with Crippen LogP contribution in [0.25, 0.3) is 0 Å². The van der Waals surface area contributed by atoms with Gasteiger partial charge in [-0.25, -0.2) is 8.42 Å². The summed E-state index contributed by atoms with van der Waals surface area (Å²) in [7, 11) is -1.34. The van der Waals surface area contributed by atoms with Gasteiger partial charge in [-0.1, -0.05) is 6.07 Å². The SMILES string of the molecule is CN(C(=O)CNC(=O)c1cccc2c1OCCO2)C1CCS(=O)(=O)CC1. The minimum atomic E-state index is -2.98. The number of fused-ring (bicyclic) bond motifs is 1. The Morgan fingerprint density at radius 1 is 1.19 bits per heavy atom. The summed E-state index contributed by atoms with van der Waals surface area (Å²) >= 11 is 0. The molecule has 0 radical (unpaired) electrons. The normalized spacial score (nSPS) is 18.8. The van der Waals surface area contributed by atoms with Crippen LogP contribution >= 0.6 is 0 Å². The molecule has 0 aromatic heterocycles. The monoisotopic (exact) mass is 382 g/mol. The van der Waals surface area contributed by atoms with E-state index in [1.165, 1.54) is 4.90 Å². The lowest BCUT2D eigenvalue weighted by atomic mass is 10.1. The molecular formula is C17H22N2O6S. The van der Waals surface area contributed by atoms with Crippen LogP contribution in [0.5, 0.6) is 11.5 Å². The van der Waals surface area contributed by atoms with Gasteiger partial charge in [0.25, 0.3) is 5.91 Å². The van der Waals surface area contributed by atoms with Gasteiger partial charge >= 0.3 is 0 Å². The van der Waals surface area contributed by atoms with Crippen molar-refractivity contribution in [2.75, 3.05) is 38.3 Å². The van der Waals surface area contributed by atoms with Crippen LogP contribution in [0.2, 0.25) is 0 Å². The lowest BCUT2D eigenvalue weighted by molar-refractivity contribution is -0.131. The first-order chi connectivity index (χ1) is 12.4. The van der Waals surface area contributed by atoms with Gasteiger partial charge in [0.15, 0.2) is 11.5 Å². The zero-order valence-corrected chi connectivity index (χ0v) is 15.4. The summed E-state index contributed by atoms with van der Waals surface area (Å²) in [5.41, 5.74) is 0.321. The van der Waals surface area contributed by atoms with Crippen LogP contribution in [0.3, 0.4) is 0 Å². The molecule has 1 N–H and O–H groups in total. The van der Waals surface area contributed by atoms with Crippen molar-refractivity contribution in [1.29, 1.82) is 0 Å². The van der Waals surface area contributed by atoms with Crippen molar-refractivity contribution >= 4 is 21.7 Å². The number of hydrogen-bond acceptors (Lipinski definition) is 6. The molecule has 3 rings (SSSR count). The molecule has 1 aromatic rings. The Bertz CT molecular complexity index is 793. The highest BCUT2D eigenvalue weighted by Crippen LogP contribution is 2.33. The molecule has 0 atom stereocenters. The molecule has 2 heterocycles. The number of rotatable bonds is 4. The first kappa shape index (κ1) is 18.5. The van der Waals surface area contributed by atoms with Gasteiger partial charge in [-0.15, -0.1) is 0 Å². The molecule has 1 saturated heterocycles. The molecule has 1 fully saturated rings. The molecule has 0 unspecified atom stereocenters. The first-order valence-corrected chi connectivity index (χ1v) is 10.3. The van der Waals surface area contributed by atoms with E-state index >= 15 is 0 Å². The van der Waals surface area contributed by atoms with E-state index in [2.05, 4.69) is 5.32 Å². The molecule has 8 nitrogen and oxygen atoms in total. The van der Waals surface area contributed by atoms with Crippen molar-refractivity contribution in [2.45, 2.75) is 18.9 Å². The van der Waals surface area contributed by atoms with E-state index in [1.807, 2.05) is 0 Å². The van der Waals surface area contributed by atoms with Gasteiger partial charge in [0.05, 0.1) is 23.6 Å². The largest absolute Gasteiger partial charge is 0.486 e. The number of para-hydroxylation sites is 1. The summed E-state index contributed by atoms with van der Waals surface area (Å²) in [6, 6.07) is 4.91. The highest BCUT2D eigenvalue weighted by Gasteiger charge is 2.29. The number of amides is 2. The molecule has 142 valence electrons. The Labute approximate surface area is 152 Å². The van der Waals surface area contributed by atoms with E-state index in [9.17, 15) is 18.0 Å². The summed E-state index contributed by atoms with van der Waals surface area (Å²) in [5.74, 6) is 0.403. The van der Waals surface area contributed by atoms with Gasteiger partial charge in [-0.2, -0.15) is 0 Å². The van der Waals surface area contributed by atoms with E-state index < -0.39 is 15.7 Å². The van der Waals surface area contributed by atoms with Crippen LogP contribution in [-0.2, 0) is 14.6 Å². The van der Waals surface area contributed by atoms with Crippen molar-refractivity contribution in [3.63, 3.8) is 0 Å². The highest BCUT2D eigenvalue weighted by molar-refractivity contribution is 7.91. The Hall–Kier alpha value is -2.29. The maximum Gasteiger partial charge on any atom is 0.255 e. The summed E-state index contributed by atoms with van der Waals surface area (Å²) in [4.78, 5) is 26.3. The molecule has 2 aliphatic heterocycles. The van der Waals surface area contributed by atoms with Gasteiger partial charge in [0, 0.05) is 13.1 Å². The average Bonchev–Trinajstić information content (AvgIpc) is 2.64. The molecule has 0 spiro atoms. The first-order valence-electron chi connectivity index (χ1n) is 8.50. The third kappa shape index (κ3) is 4.09. The van der Waals surface area contributed by atoms with Crippen LogP contribution in [0, 0.1) is 0 Å². The molecule has 0 bridgehead atoms. The summed E-state index contributed by atoms with van der Waals surface area (Å²) < 4.78 is 33.9. The van der Waals surface area contributed by atoms with Gasteiger partial charge in [0.2, 0.25) is 5.91 Å². The Morgan fingerprint density at radius 3 is 2.62 bits per heavy atom. The number of sulfone groups is 1. The lowest BCUT2D eigenvalue weighted by Gasteiger charge is -2.31. The number of carbonyl (C=O) groups is 2. The van der Waals surface area contributed by atoms with Crippen molar-refractivity contribution < 1.29 is 27.5 Å². The van der Waals surface area contributed by atoms with Gasteiger partial charge in [-0.05, 0) is 25.0 Å². The minimum absolute atomic E-state index is 0.0924. The predicted octanol–water partition coefficient (Wildman–Crippen LogP) is 0.223. The maximum absolute atomic E-state index is 12.4. The number of hydrogen-bond donors (Lipinski definition) is 1. The molecule has 2 amide bonds. The maximum atomic E-state index is 12.4. The van der Waals surface area contributed by atoms with E-state index in [1.54, 1.807) is 25.2 Å². The second kappa shape index (κ2) is 7.53. The number of nitrogens with one attached hydrogen (secondary N) is 1. The van der Waals surface area contributed by atoms with Crippen LogP contribution in [0.1, 0.15) is 23.2 Å². The van der Waals surface area contributed by atoms with Gasteiger partial charge in [-0.3, -0.25) is 9.59 Å². The number of carbonyl (C=O) groups excluding carboxylic acids is 2. The fraction of sp³-hybridized carbons (Fsp3) is 0.529. The lowest BCUT2D eigenvalue weighted by Crippen LogP contribution is -2.46. The van der Waals surface area contributed by atoms with E-state index in [0.717, 1.165) is 0 Å². The second-order valence-electron chi connectivity index (χ2n) is 6.40. The second-order valence-corrected chi connectivity index (χ2v) is 8.70. The molecule has 0 aliphatic carbocycles. The van der Waals surface area contributed by atoms with Gasteiger partial charge in [0.1, 0.15) is 23.1 Å².